The van der Waals surface area contributed by atoms with Crippen LogP contribution in [0.5, 0.6) is 0 Å². The summed E-state index contributed by atoms with van der Waals surface area (Å²) in [5.41, 5.74) is 2.90. The number of carbonyl (C=O) groups excluding carboxylic acids is 1. The molecule has 4 nitrogen and oxygen atoms in total. The molecule has 2 bridgehead atoms. The number of fused-ring (bicyclic) bond motifs is 4. The van der Waals surface area contributed by atoms with Gasteiger partial charge in [0.05, 0.1) is 11.6 Å². The number of rotatable bonds is 3. The predicted octanol–water partition coefficient (Wildman–Crippen LogP) is 5.82. The number of ether oxygens (including phenoxy) is 1. The lowest BCUT2D eigenvalue weighted by Crippen LogP contribution is -2.53. The molecule has 176 valence electrons. The number of hydrogen-bond acceptors (Lipinski definition) is 3. The number of amides is 1. The number of nitrogens with zero attached hydrogens (tertiary/aromatic N) is 1. The Morgan fingerprint density at radius 2 is 1.73 bits per heavy atom. The molecule has 7 heteroatoms. The van der Waals surface area contributed by atoms with Crippen LogP contribution in [0.25, 0.3) is 11.1 Å². The maximum atomic E-state index is 12.9. The van der Waals surface area contributed by atoms with E-state index in [2.05, 4.69) is 24.1 Å². The number of alkyl halides is 3. The molecule has 0 aromatic heterocycles. The van der Waals surface area contributed by atoms with Crippen molar-refractivity contribution in [3.05, 3.63) is 59.2 Å². The Hall–Kier alpha value is -2.54. The van der Waals surface area contributed by atoms with E-state index in [4.69, 9.17) is 4.74 Å². The fourth-order valence-electron chi connectivity index (χ4n) is 5.69. The third-order valence-electron chi connectivity index (χ3n) is 7.54. The van der Waals surface area contributed by atoms with Crippen molar-refractivity contribution >= 4 is 6.09 Å². The molecule has 0 saturated carbocycles. The quantitative estimate of drug-likeness (QED) is 0.631. The molecule has 3 heterocycles. The Balaban J connectivity index is 1.31. The molecule has 3 fully saturated rings. The van der Waals surface area contributed by atoms with E-state index in [1.54, 1.807) is 0 Å². The number of halogens is 3. The lowest BCUT2D eigenvalue weighted by Gasteiger charge is -2.44. The van der Waals surface area contributed by atoms with Crippen LogP contribution in [0.1, 0.15) is 49.4 Å². The van der Waals surface area contributed by atoms with E-state index >= 15 is 0 Å². The van der Waals surface area contributed by atoms with Crippen molar-refractivity contribution in [2.24, 2.45) is 11.3 Å². The maximum Gasteiger partial charge on any atom is 0.416 e. The van der Waals surface area contributed by atoms with E-state index in [0.29, 0.717) is 5.92 Å². The first-order valence-electron chi connectivity index (χ1n) is 11.6. The molecule has 0 spiro atoms. The maximum absolute atomic E-state index is 12.9. The highest BCUT2D eigenvalue weighted by Gasteiger charge is 2.42. The number of nitrogens with one attached hydrogen (secondary N) is 1. The van der Waals surface area contributed by atoms with Crippen LogP contribution in [0.3, 0.4) is 0 Å². The summed E-state index contributed by atoms with van der Waals surface area (Å²) < 4.78 is 44.5. The third kappa shape index (κ3) is 4.35. The zero-order valence-electron chi connectivity index (χ0n) is 18.9. The summed E-state index contributed by atoms with van der Waals surface area (Å²) in [5, 5.41) is 3.11. The summed E-state index contributed by atoms with van der Waals surface area (Å²) in [6, 6.07) is 11.0. The topological polar surface area (TPSA) is 41.6 Å². The van der Waals surface area contributed by atoms with E-state index in [9.17, 15) is 18.0 Å². The van der Waals surface area contributed by atoms with Crippen LogP contribution >= 0.6 is 0 Å². The standard InChI is InChI=1S/C26H29F3N2O2/c1-25(2)14-19-13-18(16-3-6-20(7-4-16)26(27,28)29)5-8-21(19)23(25)30-24(32)33-22-15-31-11-9-17(22)10-12-31/h3-8,13,17,22-23H,9-12,14-15H2,1-2H3,(H,30,32)/t22-,23?/m1/s1. The molecule has 0 radical (unpaired) electrons. The molecule has 2 aromatic rings. The van der Waals surface area contributed by atoms with Gasteiger partial charge < -0.3 is 10.1 Å². The van der Waals surface area contributed by atoms with Crippen LogP contribution in [-0.4, -0.2) is 36.7 Å². The minimum absolute atomic E-state index is 0.0430. The number of benzene rings is 2. The van der Waals surface area contributed by atoms with Crippen LogP contribution in [0, 0.1) is 11.3 Å². The largest absolute Gasteiger partial charge is 0.445 e. The molecule has 1 unspecified atom stereocenters. The van der Waals surface area contributed by atoms with E-state index < -0.39 is 11.7 Å². The van der Waals surface area contributed by atoms with Crippen LogP contribution in [0.2, 0.25) is 0 Å². The Labute approximate surface area is 192 Å². The summed E-state index contributed by atoms with van der Waals surface area (Å²) >= 11 is 0. The normalized spacial score (nSPS) is 27.8. The van der Waals surface area contributed by atoms with Gasteiger partial charge in [-0.3, -0.25) is 4.90 Å². The lowest BCUT2D eigenvalue weighted by molar-refractivity contribution is -0.137. The van der Waals surface area contributed by atoms with Crippen molar-refractivity contribution in [2.75, 3.05) is 19.6 Å². The predicted molar refractivity (Wildman–Crippen MR) is 120 cm³/mol. The molecular weight excluding hydrogens is 429 g/mol. The van der Waals surface area contributed by atoms with Crippen LogP contribution in [0.4, 0.5) is 18.0 Å². The van der Waals surface area contributed by atoms with Crippen molar-refractivity contribution in [2.45, 2.75) is 51.4 Å². The molecular formula is C26H29F3N2O2. The summed E-state index contributed by atoms with van der Waals surface area (Å²) in [5.74, 6) is 0.455. The molecule has 2 aromatic carbocycles. The van der Waals surface area contributed by atoms with E-state index in [1.807, 2.05) is 18.2 Å². The molecule has 1 N–H and O–H groups in total. The van der Waals surface area contributed by atoms with Crippen molar-refractivity contribution in [1.82, 2.24) is 10.2 Å². The molecule has 3 saturated heterocycles. The van der Waals surface area contributed by atoms with Gasteiger partial charge in [0.15, 0.2) is 0 Å². The Bertz CT molecular complexity index is 1040. The smallest absolute Gasteiger partial charge is 0.416 e. The second-order valence-corrected chi connectivity index (χ2v) is 10.3. The molecule has 4 aliphatic rings. The molecule has 1 aliphatic carbocycles. The van der Waals surface area contributed by atoms with Crippen molar-refractivity contribution in [3.8, 4) is 11.1 Å². The SMILES string of the molecule is CC1(C)Cc2cc(-c3ccc(C(F)(F)F)cc3)ccc2C1NC(=O)O[C@@H]1CN2CCC1CC2. The van der Waals surface area contributed by atoms with Crippen LogP contribution < -0.4 is 5.32 Å². The summed E-state index contributed by atoms with van der Waals surface area (Å²) in [6.07, 6.45) is -1.82. The average Bonchev–Trinajstić information content (AvgIpc) is 3.02. The second-order valence-electron chi connectivity index (χ2n) is 10.3. The van der Waals surface area contributed by atoms with Gasteiger partial charge in [-0.15, -0.1) is 0 Å². The first-order chi connectivity index (χ1) is 15.6. The van der Waals surface area contributed by atoms with E-state index in [-0.39, 0.29) is 23.7 Å². The zero-order valence-corrected chi connectivity index (χ0v) is 18.9. The van der Waals surface area contributed by atoms with Crippen molar-refractivity contribution < 1.29 is 22.7 Å². The van der Waals surface area contributed by atoms with Crippen molar-refractivity contribution in [1.29, 1.82) is 0 Å². The number of alkyl carbamates (subject to hydrolysis) is 1. The molecule has 2 atom stereocenters. The van der Waals surface area contributed by atoms with Gasteiger partial charge in [-0.25, -0.2) is 4.79 Å². The highest BCUT2D eigenvalue weighted by molar-refractivity contribution is 5.70. The number of hydrogen-bond donors (Lipinski definition) is 1. The minimum atomic E-state index is -4.34. The zero-order chi connectivity index (χ0) is 23.4. The summed E-state index contributed by atoms with van der Waals surface area (Å²) in [4.78, 5) is 15.2. The number of carbonyl (C=O) groups is 1. The van der Waals surface area contributed by atoms with Gasteiger partial charge >= 0.3 is 12.3 Å². The van der Waals surface area contributed by atoms with Gasteiger partial charge in [-0.1, -0.05) is 44.2 Å². The van der Waals surface area contributed by atoms with Gasteiger partial charge in [0, 0.05) is 6.54 Å². The lowest BCUT2D eigenvalue weighted by atomic mass is 9.85. The summed E-state index contributed by atoms with van der Waals surface area (Å²) in [6.45, 7) is 7.24. The Morgan fingerprint density at radius 1 is 1.06 bits per heavy atom. The monoisotopic (exact) mass is 458 g/mol. The third-order valence-corrected chi connectivity index (χ3v) is 7.54. The van der Waals surface area contributed by atoms with Crippen LogP contribution in [-0.2, 0) is 17.3 Å². The van der Waals surface area contributed by atoms with Gasteiger partial charge in [-0.2, -0.15) is 13.2 Å². The molecule has 1 amide bonds. The Kier molecular flexibility index (Phi) is 5.43. The van der Waals surface area contributed by atoms with Gasteiger partial charge in [-0.05, 0) is 78.1 Å². The van der Waals surface area contributed by atoms with E-state index in [1.165, 1.54) is 12.1 Å². The van der Waals surface area contributed by atoms with Gasteiger partial charge in [0.2, 0.25) is 0 Å². The summed E-state index contributed by atoms with van der Waals surface area (Å²) in [7, 11) is 0. The Morgan fingerprint density at radius 3 is 2.33 bits per heavy atom. The highest BCUT2D eigenvalue weighted by Crippen LogP contribution is 2.46. The molecule has 6 rings (SSSR count). The second kappa shape index (κ2) is 8.05. The number of piperidine rings is 3. The fraction of sp³-hybridized carbons (Fsp3) is 0.500. The molecule has 3 aliphatic heterocycles. The van der Waals surface area contributed by atoms with Crippen LogP contribution in [0.15, 0.2) is 42.5 Å². The first-order valence-corrected chi connectivity index (χ1v) is 11.6. The molecule has 33 heavy (non-hydrogen) atoms. The van der Waals surface area contributed by atoms with Gasteiger partial charge in [0.1, 0.15) is 6.10 Å². The highest BCUT2D eigenvalue weighted by atomic mass is 19.4. The van der Waals surface area contributed by atoms with E-state index in [0.717, 1.165) is 73.3 Å². The average molecular weight is 459 g/mol. The minimum Gasteiger partial charge on any atom is -0.445 e. The first kappa shape index (κ1) is 22.3. The fourth-order valence-corrected chi connectivity index (χ4v) is 5.69. The van der Waals surface area contributed by atoms with Gasteiger partial charge in [0.25, 0.3) is 0 Å². The van der Waals surface area contributed by atoms with Crippen molar-refractivity contribution in [3.63, 3.8) is 0 Å².